The van der Waals surface area contributed by atoms with Crippen LogP contribution in [0, 0.1) is 11.3 Å². The van der Waals surface area contributed by atoms with Crippen LogP contribution >= 0.6 is 0 Å². The van der Waals surface area contributed by atoms with Gasteiger partial charge in [0.15, 0.2) is 0 Å². The molecular formula is C13H13N3O4. The Bertz CT molecular complexity index is 575. The smallest absolute Gasteiger partial charge is 0.369 e. The number of benzene rings is 1. The van der Waals surface area contributed by atoms with Gasteiger partial charge in [0.1, 0.15) is 6.07 Å². The summed E-state index contributed by atoms with van der Waals surface area (Å²) in [6.45, 7) is 1.76. The van der Waals surface area contributed by atoms with E-state index >= 15 is 0 Å². The molecule has 0 aliphatic carbocycles. The van der Waals surface area contributed by atoms with Crippen LogP contribution in [0.15, 0.2) is 29.4 Å². The van der Waals surface area contributed by atoms with Gasteiger partial charge in [-0.3, -0.25) is 5.43 Å². The molecule has 20 heavy (non-hydrogen) atoms. The number of esters is 2. The summed E-state index contributed by atoms with van der Waals surface area (Å²) >= 11 is 0. The average Bonchev–Trinajstić information content (AvgIpc) is 2.47. The van der Waals surface area contributed by atoms with Crippen LogP contribution in [0.2, 0.25) is 0 Å². The van der Waals surface area contributed by atoms with E-state index in [0.717, 1.165) is 0 Å². The molecular weight excluding hydrogens is 262 g/mol. The minimum absolute atomic E-state index is 0.137. The Kier molecular flexibility index (Phi) is 5.72. The molecule has 0 bridgehead atoms. The summed E-state index contributed by atoms with van der Waals surface area (Å²) in [5, 5.41) is 12.4. The second-order valence-corrected chi connectivity index (χ2v) is 3.44. The highest BCUT2D eigenvalue weighted by molar-refractivity contribution is 6.43. The van der Waals surface area contributed by atoms with Crippen LogP contribution < -0.4 is 5.43 Å². The third-order valence-electron chi connectivity index (χ3n) is 2.20. The Morgan fingerprint density at radius 3 is 2.70 bits per heavy atom. The monoisotopic (exact) mass is 275 g/mol. The molecule has 0 atom stereocenters. The van der Waals surface area contributed by atoms with Crippen LogP contribution in [0.5, 0.6) is 0 Å². The molecule has 0 aromatic heterocycles. The van der Waals surface area contributed by atoms with Crippen molar-refractivity contribution in [3.8, 4) is 6.07 Å². The quantitative estimate of drug-likeness (QED) is 0.494. The van der Waals surface area contributed by atoms with E-state index in [1.54, 1.807) is 31.2 Å². The molecule has 0 fully saturated rings. The summed E-state index contributed by atoms with van der Waals surface area (Å²) in [4.78, 5) is 22.9. The van der Waals surface area contributed by atoms with E-state index in [1.165, 1.54) is 13.2 Å². The van der Waals surface area contributed by atoms with Gasteiger partial charge in [-0.15, -0.1) is 0 Å². The van der Waals surface area contributed by atoms with Gasteiger partial charge in [0.2, 0.25) is 5.71 Å². The number of ether oxygens (including phenoxy) is 2. The maximum absolute atomic E-state index is 11.5. The first-order valence-electron chi connectivity index (χ1n) is 5.72. The van der Waals surface area contributed by atoms with Crippen LogP contribution in [-0.2, 0) is 14.3 Å². The van der Waals surface area contributed by atoms with Gasteiger partial charge in [0.25, 0.3) is 0 Å². The van der Waals surface area contributed by atoms with Crippen molar-refractivity contribution < 1.29 is 19.1 Å². The fourth-order valence-electron chi connectivity index (χ4n) is 1.30. The first kappa shape index (κ1) is 15.2. The van der Waals surface area contributed by atoms with Crippen LogP contribution in [0.4, 0.5) is 5.69 Å². The molecule has 1 aromatic carbocycles. The van der Waals surface area contributed by atoms with Crippen molar-refractivity contribution in [2.45, 2.75) is 6.92 Å². The van der Waals surface area contributed by atoms with E-state index in [2.05, 4.69) is 20.0 Å². The van der Waals surface area contributed by atoms with Crippen molar-refractivity contribution in [3.63, 3.8) is 0 Å². The normalized spacial score (nSPS) is 10.3. The van der Waals surface area contributed by atoms with E-state index in [-0.39, 0.29) is 12.2 Å². The third kappa shape index (κ3) is 3.81. The van der Waals surface area contributed by atoms with Crippen molar-refractivity contribution in [1.82, 2.24) is 0 Å². The summed E-state index contributed by atoms with van der Waals surface area (Å²) in [7, 11) is 1.25. The number of nitriles is 1. The number of nitrogens with zero attached hydrogens (tertiary/aromatic N) is 2. The predicted molar refractivity (Wildman–Crippen MR) is 71.1 cm³/mol. The number of rotatable bonds is 5. The molecule has 0 saturated heterocycles. The Balaban J connectivity index is 2.96. The molecule has 0 aliphatic heterocycles. The highest BCUT2D eigenvalue weighted by Gasteiger charge is 2.14. The summed E-state index contributed by atoms with van der Waals surface area (Å²) in [6, 6.07) is 8.03. The number of hydrogen-bond donors (Lipinski definition) is 1. The summed E-state index contributed by atoms with van der Waals surface area (Å²) in [5.41, 5.74) is 2.60. The second kappa shape index (κ2) is 7.53. The fraction of sp³-hybridized carbons (Fsp3) is 0.231. The maximum atomic E-state index is 11.5. The van der Waals surface area contributed by atoms with Crippen LogP contribution in [-0.4, -0.2) is 31.4 Å². The van der Waals surface area contributed by atoms with Crippen molar-refractivity contribution in [3.05, 3.63) is 29.8 Å². The van der Waals surface area contributed by atoms with Gasteiger partial charge in [0, 0.05) is 0 Å². The number of carbonyl (C=O) groups is 2. The minimum Gasteiger partial charge on any atom is -0.465 e. The van der Waals surface area contributed by atoms with E-state index in [0.29, 0.717) is 5.69 Å². The van der Waals surface area contributed by atoms with E-state index in [1.807, 2.05) is 0 Å². The zero-order valence-corrected chi connectivity index (χ0v) is 11.0. The summed E-state index contributed by atoms with van der Waals surface area (Å²) in [6.07, 6.45) is 0. The number of hydrazone groups is 1. The standard InChI is InChI=1S/C13H13N3O4/c1-3-20-13(18)11(8-14)16-15-10-7-5-4-6-9(10)12(17)19-2/h4-7,15H,3H2,1-2H3/b16-11-. The van der Waals surface area contributed by atoms with Crippen LogP contribution in [0.25, 0.3) is 0 Å². The van der Waals surface area contributed by atoms with Gasteiger partial charge in [-0.05, 0) is 19.1 Å². The molecule has 0 spiro atoms. The minimum atomic E-state index is -0.835. The van der Waals surface area contributed by atoms with E-state index < -0.39 is 17.7 Å². The SMILES string of the molecule is CCOC(=O)/C(C#N)=N\Nc1ccccc1C(=O)OC. The number of para-hydroxylation sites is 1. The first-order valence-corrected chi connectivity index (χ1v) is 5.72. The second-order valence-electron chi connectivity index (χ2n) is 3.44. The van der Waals surface area contributed by atoms with E-state index in [4.69, 9.17) is 5.26 Å². The van der Waals surface area contributed by atoms with Crippen LogP contribution in [0.1, 0.15) is 17.3 Å². The largest absolute Gasteiger partial charge is 0.465 e. The fourth-order valence-corrected chi connectivity index (χ4v) is 1.30. The topological polar surface area (TPSA) is 101 Å². The Morgan fingerprint density at radius 1 is 1.40 bits per heavy atom. The highest BCUT2D eigenvalue weighted by Crippen LogP contribution is 2.15. The van der Waals surface area contributed by atoms with Gasteiger partial charge in [-0.25, -0.2) is 9.59 Å². The molecule has 0 amide bonds. The highest BCUT2D eigenvalue weighted by atomic mass is 16.5. The number of carbonyl (C=O) groups excluding carboxylic acids is 2. The first-order chi connectivity index (χ1) is 9.63. The Morgan fingerprint density at radius 2 is 2.10 bits per heavy atom. The third-order valence-corrected chi connectivity index (χ3v) is 2.20. The molecule has 0 unspecified atom stereocenters. The number of hydrogen-bond acceptors (Lipinski definition) is 7. The zero-order valence-electron chi connectivity index (χ0n) is 11.0. The van der Waals surface area contributed by atoms with Crippen LogP contribution in [0.3, 0.4) is 0 Å². The number of anilines is 1. The molecule has 0 heterocycles. The van der Waals surface area contributed by atoms with E-state index in [9.17, 15) is 9.59 Å². The molecule has 7 nitrogen and oxygen atoms in total. The van der Waals surface area contributed by atoms with Crippen molar-refractivity contribution in [2.24, 2.45) is 5.10 Å². The van der Waals surface area contributed by atoms with Gasteiger partial charge in [0.05, 0.1) is 25.0 Å². The van der Waals surface area contributed by atoms with Gasteiger partial charge >= 0.3 is 11.9 Å². The molecule has 0 aliphatic rings. The van der Waals surface area contributed by atoms with Crippen molar-refractivity contribution in [2.75, 3.05) is 19.1 Å². The lowest BCUT2D eigenvalue weighted by atomic mass is 10.2. The molecule has 1 aromatic rings. The lowest BCUT2D eigenvalue weighted by Gasteiger charge is -2.06. The molecule has 0 radical (unpaired) electrons. The summed E-state index contributed by atoms with van der Waals surface area (Å²) in [5.74, 6) is -1.39. The van der Waals surface area contributed by atoms with Gasteiger partial charge in [-0.1, -0.05) is 12.1 Å². The predicted octanol–water partition coefficient (Wildman–Crippen LogP) is 1.33. The summed E-state index contributed by atoms with van der Waals surface area (Å²) < 4.78 is 9.27. The number of methoxy groups -OCH3 is 1. The molecule has 1 rings (SSSR count). The molecule has 7 heteroatoms. The number of nitrogens with one attached hydrogen (secondary N) is 1. The lowest BCUT2D eigenvalue weighted by molar-refractivity contribution is -0.134. The average molecular weight is 275 g/mol. The zero-order chi connectivity index (χ0) is 15.0. The van der Waals surface area contributed by atoms with Gasteiger partial charge < -0.3 is 9.47 Å². The van der Waals surface area contributed by atoms with Crippen molar-refractivity contribution >= 4 is 23.3 Å². The lowest BCUT2D eigenvalue weighted by Crippen LogP contribution is -2.17. The maximum Gasteiger partial charge on any atom is 0.369 e. The molecule has 0 saturated carbocycles. The molecule has 1 N–H and O–H groups in total. The molecule has 104 valence electrons. The van der Waals surface area contributed by atoms with Gasteiger partial charge in [-0.2, -0.15) is 10.4 Å². The van der Waals surface area contributed by atoms with Crippen molar-refractivity contribution in [1.29, 1.82) is 5.26 Å². The Labute approximate surface area is 115 Å². The Hall–Kier alpha value is -2.88.